The van der Waals surface area contributed by atoms with Crippen molar-refractivity contribution in [3.05, 3.63) is 82.4 Å². The molecule has 7 heteroatoms. The number of rotatable bonds is 7. The first kappa shape index (κ1) is 19.3. The van der Waals surface area contributed by atoms with Crippen LogP contribution in [0.4, 0.5) is 4.39 Å². The van der Waals surface area contributed by atoms with Gasteiger partial charge in [-0.3, -0.25) is 9.59 Å². The van der Waals surface area contributed by atoms with Crippen LogP contribution in [-0.2, 0) is 6.54 Å². The monoisotopic (exact) mass is 381 g/mol. The van der Waals surface area contributed by atoms with E-state index in [1.807, 2.05) is 31.2 Å². The summed E-state index contributed by atoms with van der Waals surface area (Å²) in [5, 5.41) is 7.01. The van der Waals surface area contributed by atoms with Crippen LogP contribution in [0, 0.1) is 5.82 Å². The van der Waals surface area contributed by atoms with E-state index in [1.165, 1.54) is 28.9 Å². The van der Waals surface area contributed by atoms with Crippen molar-refractivity contribution >= 4 is 5.91 Å². The fourth-order valence-electron chi connectivity index (χ4n) is 2.66. The van der Waals surface area contributed by atoms with Gasteiger partial charge in [0.15, 0.2) is 0 Å². The van der Waals surface area contributed by atoms with Gasteiger partial charge in [-0.1, -0.05) is 6.07 Å². The molecule has 0 aliphatic carbocycles. The number of carbonyl (C=O) groups excluding carboxylic acids is 1. The minimum Gasteiger partial charge on any atom is -0.494 e. The van der Waals surface area contributed by atoms with Crippen molar-refractivity contribution in [2.24, 2.45) is 0 Å². The number of aromatic nitrogens is 2. The topological polar surface area (TPSA) is 73.2 Å². The molecule has 1 heterocycles. The Balaban J connectivity index is 1.66. The van der Waals surface area contributed by atoms with Gasteiger partial charge in [0, 0.05) is 23.7 Å². The maximum Gasteiger partial charge on any atom is 0.266 e. The first-order valence-electron chi connectivity index (χ1n) is 8.92. The smallest absolute Gasteiger partial charge is 0.266 e. The third-order valence-corrected chi connectivity index (χ3v) is 4.02. The fourth-order valence-corrected chi connectivity index (χ4v) is 2.66. The summed E-state index contributed by atoms with van der Waals surface area (Å²) in [6.07, 6.45) is 0. The van der Waals surface area contributed by atoms with Crippen molar-refractivity contribution in [2.45, 2.75) is 13.5 Å². The van der Waals surface area contributed by atoms with Crippen molar-refractivity contribution in [3.63, 3.8) is 0 Å². The predicted octanol–water partition coefficient (Wildman–Crippen LogP) is 2.88. The van der Waals surface area contributed by atoms with Crippen LogP contribution in [-0.4, -0.2) is 28.8 Å². The van der Waals surface area contributed by atoms with Gasteiger partial charge < -0.3 is 10.1 Å². The van der Waals surface area contributed by atoms with Crippen molar-refractivity contribution in [1.29, 1.82) is 0 Å². The minimum atomic E-state index is -0.478. The molecule has 0 fully saturated rings. The molecule has 0 aliphatic rings. The van der Waals surface area contributed by atoms with Gasteiger partial charge in [-0.25, -0.2) is 9.07 Å². The van der Waals surface area contributed by atoms with Gasteiger partial charge in [-0.2, -0.15) is 5.10 Å². The van der Waals surface area contributed by atoms with E-state index in [2.05, 4.69) is 10.4 Å². The van der Waals surface area contributed by atoms with Gasteiger partial charge in [0.2, 0.25) is 0 Å². The lowest BCUT2D eigenvalue weighted by molar-refractivity contribution is 0.0951. The van der Waals surface area contributed by atoms with Crippen molar-refractivity contribution < 1.29 is 13.9 Å². The summed E-state index contributed by atoms with van der Waals surface area (Å²) in [5.41, 5.74) is 1.44. The SMILES string of the molecule is CCOc1ccc(-c2ccc(=O)n(CCNC(=O)c3cccc(F)c3)n2)cc1. The van der Waals surface area contributed by atoms with Gasteiger partial charge in [0.25, 0.3) is 11.5 Å². The number of nitrogens with one attached hydrogen (secondary N) is 1. The molecule has 0 saturated heterocycles. The highest BCUT2D eigenvalue weighted by Gasteiger charge is 2.07. The Morgan fingerprint density at radius 3 is 2.64 bits per heavy atom. The van der Waals surface area contributed by atoms with Gasteiger partial charge in [-0.05, 0) is 55.5 Å². The number of benzene rings is 2. The molecule has 0 aliphatic heterocycles. The maximum atomic E-state index is 13.2. The number of carbonyl (C=O) groups is 1. The Morgan fingerprint density at radius 1 is 1.14 bits per heavy atom. The van der Waals surface area contributed by atoms with E-state index < -0.39 is 11.7 Å². The summed E-state index contributed by atoms with van der Waals surface area (Å²) in [4.78, 5) is 24.1. The Labute approximate surface area is 161 Å². The maximum absolute atomic E-state index is 13.2. The normalized spacial score (nSPS) is 10.5. The average molecular weight is 381 g/mol. The van der Waals surface area contributed by atoms with Crippen molar-refractivity contribution in [1.82, 2.24) is 15.1 Å². The van der Waals surface area contributed by atoms with Gasteiger partial charge in [0.05, 0.1) is 18.8 Å². The molecule has 0 spiro atoms. The fraction of sp³-hybridized carbons (Fsp3) is 0.190. The van der Waals surface area contributed by atoms with Crippen LogP contribution in [0.1, 0.15) is 17.3 Å². The molecule has 144 valence electrons. The summed E-state index contributed by atoms with van der Waals surface area (Å²) >= 11 is 0. The lowest BCUT2D eigenvalue weighted by atomic mass is 10.1. The summed E-state index contributed by atoms with van der Waals surface area (Å²) in [7, 11) is 0. The Bertz CT molecular complexity index is 1020. The first-order valence-corrected chi connectivity index (χ1v) is 8.92. The minimum absolute atomic E-state index is 0.189. The molecule has 0 unspecified atom stereocenters. The highest BCUT2D eigenvalue weighted by atomic mass is 19.1. The Hall–Kier alpha value is -3.48. The zero-order valence-corrected chi connectivity index (χ0v) is 15.4. The molecule has 2 aromatic carbocycles. The standard InChI is InChI=1S/C21H20FN3O3/c1-2-28-18-8-6-15(7-9-18)19-10-11-20(26)25(24-19)13-12-23-21(27)16-4-3-5-17(22)14-16/h3-11,14H,2,12-13H2,1H3,(H,23,27). The van der Waals surface area contributed by atoms with E-state index in [-0.39, 0.29) is 24.2 Å². The number of nitrogens with zero attached hydrogens (tertiary/aromatic N) is 2. The van der Waals surface area contributed by atoms with Crippen LogP contribution in [0.3, 0.4) is 0 Å². The largest absolute Gasteiger partial charge is 0.494 e. The lowest BCUT2D eigenvalue weighted by Crippen LogP contribution is -2.32. The van der Waals surface area contributed by atoms with E-state index in [4.69, 9.17) is 4.74 Å². The third-order valence-electron chi connectivity index (χ3n) is 4.02. The number of hydrogen-bond acceptors (Lipinski definition) is 4. The molecule has 1 N–H and O–H groups in total. The molecule has 0 bridgehead atoms. The average Bonchev–Trinajstić information content (AvgIpc) is 2.70. The highest BCUT2D eigenvalue weighted by molar-refractivity contribution is 5.94. The summed E-state index contributed by atoms with van der Waals surface area (Å²) < 4.78 is 19.9. The molecule has 0 saturated carbocycles. The molecule has 3 aromatic rings. The number of amides is 1. The summed E-state index contributed by atoms with van der Waals surface area (Å²) in [6, 6.07) is 15.9. The van der Waals surface area contributed by atoms with Crippen LogP contribution in [0.5, 0.6) is 5.75 Å². The second-order valence-electron chi connectivity index (χ2n) is 6.00. The molecule has 0 atom stereocenters. The molecule has 1 amide bonds. The van der Waals surface area contributed by atoms with Gasteiger partial charge >= 0.3 is 0 Å². The molecule has 3 rings (SSSR count). The number of hydrogen-bond donors (Lipinski definition) is 1. The van der Waals surface area contributed by atoms with Crippen LogP contribution in [0.2, 0.25) is 0 Å². The third kappa shape index (κ3) is 4.82. The molecule has 0 radical (unpaired) electrons. The lowest BCUT2D eigenvalue weighted by Gasteiger charge is -2.09. The van der Waals surface area contributed by atoms with Crippen LogP contribution in [0.15, 0.2) is 65.5 Å². The molecule has 28 heavy (non-hydrogen) atoms. The first-order chi connectivity index (χ1) is 13.6. The zero-order chi connectivity index (χ0) is 19.9. The summed E-state index contributed by atoms with van der Waals surface area (Å²) in [5.74, 6) is -0.122. The van der Waals surface area contributed by atoms with Gasteiger partial charge in [-0.15, -0.1) is 0 Å². The van der Waals surface area contributed by atoms with Crippen LogP contribution >= 0.6 is 0 Å². The molecular weight excluding hydrogens is 361 g/mol. The van der Waals surface area contributed by atoms with Crippen molar-refractivity contribution in [2.75, 3.05) is 13.2 Å². The van der Waals surface area contributed by atoms with Crippen LogP contribution in [0.25, 0.3) is 11.3 Å². The second kappa shape index (κ2) is 8.94. The van der Waals surface area contributed by atoms with E-state index in [1.54, 1.807) is 6.07 Å². The van der Waals surface area contributed by atoms with Crippen LogP contribution < -0.4 is 15.6 Å². The van der Waals surface area contributed by atoms with E-state index in [9.17, 15) is 14.0 Å². The summed E-state index contributed by atoms with van der Waals surface area (Å²) in [6.45, 7) is 2.89. The van der Waals surface area contributed by atoms with Crippen molar-refractivity contribution in [3.8, 4) is 17.0 Å². The van der Waals surface area contributed by atoms with E-state index >= 15 is 0 Å². The Morgan fingerprint density at radius 2 is 1.93 bits per heavy atom. The van der Waals surface area contributed by atoms with E-state index in [0.717, 1.165) is 17.4 Å². The van der Waals surface area contributed by atoms with E-state index in [0.29, 0.717) is 12.3 Å². The van der Waals surface area contributed by atoms with Gasteiger partial charge in [0.1, 0.15) is 11.6 Å². The number of ether oxygens (including phenoxy) is 1. The number of halogens is 1. The molecular formula is C21H20FN3O3. The quantitative estimate of drug-likeness (QED) is 0.683. The molecule has 6 nitrogen and oxygen atoms in total. The molecule has 1 aromatic heterocycles. The Kier molecular flexibility index (Phi) is 6.16. The second-order valence-corrected chi connectivity index (χ2v) is 6.00. The predicted molar refractivity (Wildman–Crippen MR) is 104 cm³/mol. The zero-order valence-electron chi connectivity index (χ0n) is 15.4. The highest BCUT2D eigenvalue weighted by Crippen LogP contribution is 2.19.